The number of halogens is 2. The van der Waals surface area contributed by atoms with Crippen LogP contribution in [-0.4, -0.2) is 17.7 Å². The molecule has 2 aromatic rings. The molecule has 0 saturated carbocycles. The van der Waals surface area contributed by atoms with Gasteiger partial charge in [-0.25, -0.2) is 4.99 Å². The Kier molecular flexibility index (Phi) is 6.56. The second-order valence-electron chi connectivity index (χ2n) is 4.36. The zero-order valence-corrected chi connectivity index (χ0v) is 13.4. The average molecular weight is 351 g/mol. The lowest BCUT2D eigenvalue weighted by Gasteiger charge is -2.06. The maximum atomic E-state index is 12.6. The summed E-state index contributed by atoms with van der Waals surface area (Å²) < 4.78 is 0. The first-order chi connectivity index (χ1) is 10.5. The molecule has 0 fully saturated rings. The number of ketones is 1. The molecule has 0 aliphatic rings. The van der Waals surface area contributed by atoms with Crippen LogP contribution < -0.4 is 29.6 Å². The Labute approximate surface area is 144 Å². The Morgan fingerprint density at radius 1 is 1.00 bits per heavy atom. The second-order valence-corrected chi connectivity index (χ2v) is 4.80. The highest BCUT2D eigenvalue weighted by Gasteiger charge is 2.14. The van der Waals surface area contributed by atoms with Gasteiger partial charge in [-0.15, -0.1) is 0 Å². The van der Waals surface area contributed by atoms with Crippen LogP contribution in [-0.2, 0) is 0 Å². The fourth-order valence-corrected chi connectivity index (χ4v) is 1.99. The van der Waals surface area contributed by atoms with Gasteiger partial charge in [-0.1, -0.05) is 41.9 Å². The number of rotatable bonds is 3. The lowest BCUT2D eigenvalue weighted by molar-refractivity contribution is -0.0000122. The number of carbonyl (C=O) groups is 1. The van der Waals surface area contributed by atoms with E-state index in [4.69, 9.17) is 28.8 Å². The molecule has 120 valence electrons. The number of nitrogens with two attached hydrogens (primary N) is 3. The molecule has 23 heavy (non-hydrogen) atoms. The summed E-state index contributed by atoms with van der Waals surface area (Å²) in [5.41, 5.74) is 17.3. The molecule has 6 N–H and O–H groups in total. The minimum Gasteiger partial charge on any atom is -1.00 e. The van der Waals surface area contributed by atoms with Gasteiger partial charge in [0, 0.05) is 16.1 Å². The minimum atomic E-state index is -0.223. The Bertz CT molecular complexity index is 756. The molecule has 2 aromatic carbocycles. The van der Waals surface area contributed by atoms with Gasteiger partial charge in [-0.2, -0.15) is 4.99 Å². The van der Waals surface area contributed by atoms with Gasteiger partial charge >= 0.3 is 0 Å². The smallest absolute Gasteiger partial charge is 0.223 e. The van der Waals surface area contributed by atoms with Crippen molar-refractivity contribution in [2.45, 2.75) is 0 Å². The first-order valence-corrected chi connectivity index (χ1v) is 6.68. The summed E-state index contributed by atoms with van der Waals surface area (Å²) in [6, 6.07) is 13.5. The summed E-state index contributed by atoms with van der Waals surface area (Å²) in [7, 11) is 0. The molecule has 0 aliphatic carbocycles. The van der Waals surface area contributed by atoms with Crippen molar-refractivity contribution in [1.82, 2.24) is 0 Å². The van der Waals surface area contributed by atoms with E-state index in [0.717, 1.165) is 0 Å². The Balaban J connectivity index is 0.00000264. The summed E-state index contributed by atoms with van der Waals surface area (Å²) in [4.78, 5) is 20.2. The van der Waals surface area contributed by atoms with Crippen LogP contribution in [0.4, 0.5) is 5.69 Å². The van der Waals surface area contributed by atoms with E-state index < -0.39 is 0 Å². The van der Waals surface area contributed by atoms with Crippen molar-refractivity contribution < 1.29 is 17.2 Å². The first kappa shape index (κ1) is 18.5. The number of benzene rings is 2. The highest BCUT2D eigenvalue weighted by atomic mass is 35.5. The van der Waals surface area contributed by atoms with Crippen molar-refractivity contribution in [3.8, 4) is 0 Å². The third-order valence-electron chi connectivity index (χ3n) is 2.72. The predicted octanol–water partition coefficient (Wildman–Crippen LogP) is -1.21. The molecule has 0 radical (unpaired) electrons. The quantitative estimate of drug-likeness (QED) is 0.365. The predicted molar refractivity (Wildman–Crippen MR) is 88.4 cm³/mol. The second kappa shape index (κ2) is 8.17. The maximum Gasteiger partial charge on any atom is 0.223 e. The molecule has 0 atom stereocenters. The average Bonchev–Trinajstić information content (AvgIpc) is 2.48. The third kappa shape index (κ3) is 4.98. The zero-order valence-electron chi connectivity index (χ0n) is 11.9. The molecule has 0 spiro atoms. The van der Waals surface area contributed by atoms with Gasteiger partial charge < -0.3 is 29.6 Å². The molecule has 0 amide bonds. The summed E-state index contributed by atoms with van der Waals surface area (Å²) in [5.74, 6) is -0.588. The standard InChI is InChI=1S/C15H14ClN5O.ClH/c16-10-6-7-12(20-15(19)21-14(17)18)11(8-10)13(22)9-4-2-1-3-5-9;/h1-8H,(H6,17,18,19,20,21);1H/p-1. The highest BCUT2D eigenvalue weighted by molar-refractivity contribution is 6.31. The molecule has 0 bridgehead atoms. The van der Waals surface area contributed by atoms with Crippen LogP contribution in [0.1, 0.15) is 15.9 Å². The van der Waals surface area contributed by atoms with Gasteiger partial charge in [0.05, 0.1) is 5.69 Å². The van der Waals surface area contributed by atoms with Crippen molar-refractivity contribution in [1.29, 1.82) is 0 Å². The van der Waals surface area contributed by atoms with E-state index in [-0.39, 0.29) is 30.1 Å². The molecular formula is C15H14Cl2N5O-. The van der Waals surface area contributed by atoms with Crippen molar-refractivity contribution in [2.24, 2.45) is 27.2 Å². The van der Waals surface area contributed by atoms with E-state index in [2.05, 4.69) is 9.98 Å². The van der Waals surface area contributed by atoms with E-state index in [0.29, 0.717) is 21.8 Å². The molecule has 0 saturated heterocycles. The number of guanidine groups is 2. The fraction of sp³-hybridized carbons (Fsp3) is 0. The topological polar surface area (TPSA) is 120 Å². The zero-order chi connectivity index (χ0) is 16.1. The monoisotopic (exact) mass is 350 g/mol. The van der Waals surface area contributed by atoms with Crippen LogP contribution in [0.3, 0.4) is 0 Å². The molecular weight excluding hydrogens is 337 g/mol. The fourth-order valence-electron chi connectivity index (χ4n) is 1.81. The van der Waals surface area contributed by atoms with Gasteiger partial charge in [0.25, 0.3) is 0 Å². The van der Waals surface area contributed by atoms with Gasteiger partial charge in [-0.05, 0) is 18.2 Å². The first-order valence-electron chi connectivity index (χ1n) is 6.30. The molecule has 0 aliphatic heterocycles. The molecule has 0 heterocycles. The van der Waals surface area contributed by atoms with Gasteiger partial charge in [0.2, 0.25) is 5.96 Å². The van der Waals surface area contributed by atoms with Crippen LogP contribution in [0.25, 0.3) is 0 Å². The van der Waals surface area contributed by atoms with Gasteiger partial charge in [0.15, 0.2) is 11.7 Å². The van der Waals surface area contributed by atoms with E-state index in [9.17, 15) is 4.79 Å². The van der Waals surface area contributed by atoms with Crippen LogP contribution in [0.2, 0.25) is 5.02 Å². The number of aliphatic imine (C=N–C) groups is 2. The number of hydrogen-bond donors (Lipinski definition) is 3. The normalized spacial score (nSPS) is 10.6. The lowest BCUT2D eigenvalue weighted by atomic mass is 10.0. The van der Waals surface area contributed by atoms with Crippen LogP contribution in [0.5, 0.6) is 0 Å². The Morgan fingerprint density at radius 2 is 1.65 bits per heavy atom. The Morgan fingerprint density at radius 3 is 2.26 bits per heavy atom. The maximum absolute atomic E-state index is 12.6. The number of nitrogens with zero attached hydrogens (tertiary/aromatic N) is 2. The summed E-state index contributed by atoms with van der Waals surface area (Å²) >= 11 is 5.97. The van der Waals surface area contributed by atoms with Crippen LogP contribution in [0, 0.1) is 0 Å². The number of carbonyl (C=O) groups excluding carboxylic acids is 1. The lowest BCUT2D eigenvalue weighted by Crippen LogP contribution is -3.00. The molecule has 2 rings (SSSR count). The number of hydrogen-bond acceptors (Lipinski definition) is 2. The largest absolute Gasteiger partial charge is 1.00 e. The van der Waals surface area contributed by atoms with E-state index in [1.807, 2.05) is 6.07 Å². The van der Waals surface area contributed by atoms with E-state index in [1.54, 1.807) is 36.4 Å². The summed E-state index contributed by atoms with van der Waals surface area (Å²) in [5, 5.41) is 0.415. The third-order valence-corrected chi connectivity index (χ3v) is 2.95. The molecule has 0 unspecified atom stereocenters. The van der Waals surface area contributed by atoms with Crippen molar-refractivity contribution >= 4 is 35.0 Å². The van der Waals surface area contributed by atoms with Crippen molar-refractivity contribution in [3.05, 3.63) is 64.7 Å². The SMILES string of the molecule is NC(N)=NC(N)=Nc1ccc(Cl)cc1C(=O)c1ccccc1.[Cl-]. The van der Waals surface area contributed by atoms with Crippen molar-refractivity contribution in [2.75, 3.05) is 0 Å². The minimum absolute atomic E-state index is 0. The van der Waals surface area contributed by atoms with E-state index >= 15 is 0 Å². The molecule has 6 nitrogen and oxygen atoms in total. The van der Waals surface area contributed by atoms with Gasteiger partial charge in [0.1, 0.15) is 0 Å². The summed E-state index contributed by atoms with van der Waals surface area (Å²) in [6.07, 6.45) is 0. The van der Waals surface area contributed by atoms with E-state index in [1.165, 1.54) is 6.07 Å². The molecule has 0 aromatic heterocycles. The van der Waals surface area contributed by atoms with Gasteiger partial charge in [-0.3, -0.25) is 4.79 Å². The Hall–Kier alpha value is -2.57. The van der Waals surface area contributed by atoms with Crippen LogP contribution in [0.15, 0.2) is 58.5 Å². The molecule has 8 heteroatoms. The van der Waals surface area contributed by atoms with Crippen molar-refractivity contribution in [3.63, 3.8) is 0 Å². The summed E-state index contributed by atoms with van der Waals surface area (Å²) in [6.45, 7) is 0. The highest BCUT2D eigenvalue weighted by Crippen LogP contribution is 2.26. The van der Waals surface area contributed by atoms with Crippen LogP contribution >= 0.6 is 11.6 Å².